The zero-order chi connectivity index (χ0) is 10.7. The van der Waals surface area contributed by atoms with Crippen LogP contribution in [0.15, 0.2) is 6.07 Å². The SMILES string of the molecule is Cc1cc(C(N)CCC(C)C)sc1C. The highest BCUT2D eigenvalue weighted by atomic mass is 32.1. The van der Waals surface area contributed by atoms with Gasteiger partial charge in [0.2, 0.25) is 0 Å². The minimum Gasteiger partial charge on any atom is -0.323 e. The third-order valence-corrected chi connectivity index (χ3v) is 3.89. The summed E-state index contributed by atoms with van der Waals surface area (Å²) in [5.41, 5.74) is 7.52. The smallest absolute Gasteiger partial charge is 0.0390 e. The van der Waals surface area contributed by atoms with E-state index in [4.69, 9.17) is 5.73 Å². The van der Waals surface area contributed by atoms with Gasteiger partial charge in [-0.05, 0) is 44.2 Å². The molecule has 14 heavy (non-hydrogen) atoms. The maximum Gasteiger partial charge on any atom is 0.0390 e. The summed E-state index contributed by atoms with van der Waals surface area (Å²) < 4.78 is 0. The fourth-order valence-corrected chi connectivity index (χ4v) is 2.52. The van der Waals surface area contributed by atoms with Gasteiger partial charge in [-0.3, -0.25) is 0 Å². The molecule has 0 aliphatic heterocycles. The van der Waals surface area contributed by atoms with Crippen LogP contribution >= 0.6 is 11.3 Å². The van der Waals surface area contributed by atoms with Gasteiger partial charge in [-0.1, -0.05) is 13.8 Å². The molecule has 1 aromatic heterocycles. The lowest BCUT2D eigenvalue weighted by molar-refractivity contribution is 0.510. The summed E-state index contributed by atoms with van der Waals surface area (Å²) in [7, 11) is 0. The average Bonchev–Trinajstić information content (AvgIpc) is 2.43. The Labute approximate surface area is 91.3 Å². The molecule has 2 N–H and O–H groups in total. The molecule has 0 saturated heterocycles. The first-order valence-electron chi connectivity index (χ1n) is 5.33. The molecule has 1 rings (SSSR count). The molecule has 0 spiro atoms. The van der Waals surface area contributed by atoms with Crippen molar-refractivity contribution in [2.24, 2.45) is 11.7 Å². The number of aryl methyl sites for hydroxylation is 2. The summed E-state index contributed by atoms with van der Waals surface area (Å²) in [6.45, 7) is 8.82. The Bertz CT molecular complexity index is 269. The van der Waals surface area contributed by atoms with E-state index in [2.05, 4.69) is 33.8 Å². The van der Waals surface area contributed by atoms with E-state index in [1.165, 1.54) is 21.7 Å². The predicted molar refractivity (Wildman–Crippen MR) is 64.8 cm³/mol. The van der Waals surface area contributed by atoms with Crippen LogP contribution in [-0.2, 0) is 0 Å². The second-order valence-electron chi connectivity index (χ2n) is 4.47. The van der Waals surface area contributed by atoms with E-state index in [1.54, 1.807) is 0 Å². The first-order chi connectivity index (χ1) is 6.50. The molecule has 0 amide bonds. The second-order valence-corrected chi connectivity index (χ2v) is 5.75. The van der Waals surface area contributed by atoms with Crippen LogP contribution in [0.2, 0.25) is 0 Å². The highest BCUT2D eigenvalue weighted by Crippen LogP contribution is 2.28. The van der Waals surface area contributed by atoms with Crippen molar-refractivity contribution in [3.8, 4) is 0 Å². The van der Waals surface area contributed by atoms with Crippen LogP contribution < -0.4 is 5.73 Å². The molecule has 0 aromatic carbocycles. The maximum atomic E-state index is 6.14. The molecule has 0 fully saturated rings. The van der Waals surface area contributed by atoms with Crippen molar-refractivity contribution in [1.29, 1.82) is 0 Å². The summed E-state index contributed by atoms with van der Waals surface area (Å²) in [4.78, 5) is 2.75. The number of nitrogens with two attached hydrogens (primary N) is 1. The predicted octanol–water partition coefficient (Wildman–Crippen LogP) is 3.80. The fraction of sp³-hybridized carbons (Fsp3) is 0.667. The average molecular weight is 211 g/mol. The summed E-state index contributed by atoms with van der Waals surface area (Å²) >= 11 is 1.85. The lowest BCUT2D eigenvalue weighted by Gasteiger charge is -2.10. The van der Waals surface area contributed by atoms with Crippen LogP contribution in [-0.4, -0.2) is 0 Å². The Balaban J connectivity index is 2.56. The van der Waals surface area contributed by atoms with Gasteiger partial charge in [-0.25, -0.2) is 0 Å². The molecule has 2 heteroatoms. The third-order valence-electron chi connectivity index (χ3n) is 2.61. The van der Waals surface area contributed by atoms with Crippen LogP contribution in [0.4, 0.5) is 0 Å². The number of hydrogen-bond donors (Lipinski definition) is 1. The van der Waals surface area contributed by atoms with Crippen molar-refractivity contribution in [2.45, 2.75) is 46.6 Å². The van der Waals surface area contributed by atoms with E-state index in [1.807, 2.05) is 11.3 Å². The molecule has 1 atom stereocenters. The van der Waals surface area contributed by atoms with E-state index in [0.29, 0.717) is 0 Å². The van der Waals surface area contributed by atoms with Gasteiger partial charge in [0.25, 0.3) is 0 Å². The Morgan fingerprint density at radius 1 is 1.29 bits per heavy atom. The third kappa shape index (κ3) is 3.10. The molecule has 1 aromatic rings. The van der Waals surface area contributed by atoms with Gasteiger partial charge in [-0.2, -0.15) is 0 Å². The maximum absolute atomic E-state index is 6.14. The highest BCUT2D eigenvalue weighted by molar-refractivity contribution is 7.12. The van der Waals surface area contributed by atoms with E-state index in [-0.39, 0.29) is 6.04 Å². The van der Waals surface area contributed by atoms with Crippen LogP contribution in [0.25, 0.3) is 0 Å². The lowest BCUT2D eigenvalue weighted by atomic mass is 10.0. The van der Waals surface area contributed by atoms with Gasteiger partial charge >= 0.3 is 0 Å². The standard InChI is InChI=1S/C12H21NS/c1-8(2)5-6-11(13)12-7-9(3)10(4)14-12/h7-8,11H,5-6,13H2,1-4H3. The van der Waals surface area contributed by atoms with Crippen LogP contribution in [0, 0.1) is 19.8 Å². The van der Waals surface area contributed by atoms with Gasteiger partial charge in [0.15, 0.2) is 0 Å². The minimum absolute atomic E-state index is 0.245. The van der Waals surface area contributed by atoms with Crippen molar-refractivity contribution in [3.05, 3.63) is 21.4 Å². The van der Waals surface area contributed by atoms with Gasteiger partial charge in [0.1, 0.15) is 0 Å². The van der Waals surface area contributed by atoms with Crippen LogP contribution in [0.5, 0.6) is 0 Å². The molecule has 1 unspecified atom stereocenters. The molecule has 0 aliphatic carbocycles. The second kappa shape index (κ2) is 4.94. The van der Waals surface area contributed by atoms with Crippen molar-refractivity contribution in [1.82, 2.24) is 0 Å². The molecule has 1 nitrogen and oxygen atoms in total. The molecular weight excluding hydrogens is 190 g/mol. The highest BCUT2D eigenvalue weighted by Gasteiger charge is 2.10. The van der Waals surface area contributed by atoms with E-state index >= 15 is 0 Å². The zero-order valence-corrected chi connectivity index (χ0v) is 10.4. The Hall–Kier alpha value is -0.340. The van der Waals surface area contributed by atoms with Crippen molar-refractivity contribution in [2.75, 3.05) is 0 Å². The van der Waals surface area contributed by atoms with Crippen molar-refractivity contribution >= 4 is 11.3 Å². The molecule has 80 valence electrons. The number of hydrogen-bond acceptors (Lipinski definition) is 2. The first-order valence-corrected chi connectivity index (χ1v) is 6.15. The summed E-state index contributed by atoms with van der Waals surface area (Å²) in [5, 5.41) is 0. The van der Waals surface area contributed by atoms with E-state index in [9.17, 15) is 0 Å². The molecule has 0 bridgehead atoms. The van der Waals surface area contributed by atoms with Crippen LogP contribution in [0.3, 0.4) is 0 Å². The largest absolute Gasteiger partial charge is 0.323 e. The summed E-state index contributed by atoms with van der Waals surface area (Å²) in [6.07, 6.45) is 2.33. The van der Waals surface area contributed by atoms with Crippen molar-refractivity contribution < 1.29 is 0 Å². The lowest BCUT2D eigenvalue weighted by Crippen LogP contribution is -2.09. The fourth-order valence-electron chi connectivity index (χ4n) is 1.44. The van der Waals surface area contributed by atoms with Crippen molar-refractivity contribution in [3.63, 3.8) is 0 Å². The Morgan fingerprint density at radius 2 is 1.93 bits per heavy atom. The van der Waals surface area contributed by atoms with E-state index in [0.717, 1.165) is 12.3 Å². The normalized spacial score (nSPS) is 13.6. The topological polar surface area (TPSA) is 26.0 Å². The summed E-state index contributed by atoms with van der Waals surface area (Å²) in [6, 6.07) is 2.49. The molecule has 1 heterocycles. The van der Waals surface area contributed by atoms with Gasteiger partial charge in [-0.15, -0.1) is 11.3 Å². The zero-order valence-electron chi connectivity index (χ0n) is 9.63. The Kier molecular flexibility index (Phi) is 4.14. The molecule has 0 radical (unpaired) electrons. The van der Waals surface area contributed by atoms with Crippen LogP contribution in [0.1, 0.15) is 48.0 Å². The molecular formula is C12H21NS. The first kappa shape index (κ1) is 11.7. The summed E-state index contributed by atoms with van der Waals surface area (Å²) in [5.74, 6) is 0.753. The van der Waals surface area contributed by atoms with Gasteiger partial charge in [0, 0.05) is 15.8 Å². The monoisotopic (exact) mass is 211 g/mol. The molecule has 0 aliphatic rings. The number of thiophene rings is 1. The quantitative estimate of drug-likeness (QED) is 0.805. The number of rotatable bonds is 4. The van der Waals surface area contributed by atoms with Gasteiger partial charge < -0.3 is 5.73 Å². The minimum atomic E-state index is 0.245. The van der Waals surface area contributed by atoms with E-state index < -0.39 is 0 Å². The van der Waals surface area contributed by atoms with Gasteiger partial charge in [0.05, 0.1) is 0 Å². The molecule has 0 saturated carbocycles. The Morgan fingerprint density at radius 3 is 2.36 bits per heavy atom.